The lowest BCUT2D eigenvalue weighted by molar-refractivity contribution is -0.119. The maximum atomic E-state index is 10.8. The standard InChI is InChI=1S/C8H14N2O/c1-5(2)7(8(9)11)10-6-3-4-6/h6-7,10H,1,3-4H2,2H3,(H2,9,11). The molecule has 0 radical (unpaired) electrons. The van der Waals surface area contributed by atoms with E-state index in [9.17, 15) is 4.79 Å². The van der Waals surface area contributed by atoms with Gasteiger partial charge >= 0.3 is 0 Å². The monoisotopic (exact) mass is 154 g/mol. The third-order valence-electron chi connectivity index (χ3n) is 1.76. The van der Waals surface area contributed by atoms with Gasteiger partial charge in [0, 0.05) is 6.04 Å². The van der Waals surface area contributed by atoms with Crippen LogP contribution in [0.15, 0.2) is 12.2 Å². The molecule has 62 valence electrons. The fourth-order valence-electron chi connectivity index (χ4n) is 0.953. The second kappa shape index (κ2) is 3.05. The molecule has 1 saturated carbocycles. The first-order chi connectivity index (χ1) is 5.11. The normalized spacial score (nSPS) is 19.4. The molecule has 0 aromatic heterocycles. The van der Waals surface area contributed by atoms with Crippen molar-refractivity contribution >= 4 is 5.91 Å². The number of primary amides is 1. The zero-order valence-corrected chi connectivity index (χ0v) is 6.76. The first-order valence-corrected chi connectivity index (χ1v) is 3.82. The molecule has 1 unspecified atom stereocenters. The highest BCUT2D eigenvalue weighted by Gasteiger charge is 2.27. The fraction of sp³-hybridized carbons (Fsp3) is 0.625. The number of hydrogen-bond donors (Lipinski definition) is 2. The molecule has 0 aromatic rings. The molecule has 0 bridgehead atoms. The Labute approximate surface area is 66.6 Å². The van der Waals surface area contributed by atoms with Gasteiger partial charge in [-0.2, -0.15) is 0 Å². The van der Waals surface area contributed by atoms with E-state index in [0.717, 1.165) is 18.4 Å². The molecule has 0 saturated heterocycles. The Morgan fingerprint density at radius 1 is 1.73 bits per heavy atom. The van der Waals surface area contributed by atoms with E-state index >= 15 is 0 Å². The minimum atomic E-state index is -0.331. The molecule has 0 aromatic carbocycles. The summed E-state index contributed by atoms with van der Waals surface area (Å²) in [4.78, 5) is 10.8. The van der Waals surface area contributed by atoms with E-state index in [1.807, 2.05) is 6.92 Å². The molecule has 1 atom stereocenters. The van der Waals surface area contributed by atoms with Crippen LogP contribution in [0.5, 0.6) is 0 Å². The Balaban J connectivity index is 2.43. The molecule has 1 aliphatic carbocycles. The van der Waals surface area contributed by atoms with Gasteiger partial charge in [-0.15, -0.1) is 0 Å². The maximum absolute atomic E-state index is 10.8. The van der Waals surface area contributed by atoms with Crippen LogP contribution in [-0.4, -0.2) is 18.0 Å². The molecule has 0 aliphatic heterocycles. The predicted octanol–water partition coefficient (Wildman–Crippen LogP) is 0.168. The molecule has 11 heavy (non-hydrogen) atoms. The van der Waals surface area contributed by atoms with Crippen LogP contribution in [0.1, 0.15) is 19.8 Å². The molecule has 1 aliphatic rings. The average molecular weight is 154 g/mol. The van der Waals surface area contributed by atoms with Gasteiger partial charge < -0.3 is 5.73 Å². The van der Waals surface area contributed by atoms with E-state index in [0.29, 0.717) is 6.04 Å². The SMILES string of the molecule is C=C(C)C(NC1CC1)C(N)=O. The van der Waals surface area contributed by atoms with Crippen molar-refractivity contribution in [2.45, 2.75) is 31.8 Å². The van der Waals surface area contributed by atoms with E-state index in [4.69, 9.17) is 5.73 Å². The van der Waals surface area contributed by atoms with Crippen LogP contribution >= 0.6 is 0 Å². The summed E-state index contributed by atoms with van der Waals surface area (Å²) >= 11 is 0. The van der Waals surface area contributed by atoms with Crippen LogP contribution in [0.4, 0.5) is 0 Å². The van der Waals surface area contributed by atoms with E-state index in [1.165, 1.54) is 0 Å². The molecule has 3 heteroatoms. The number of carbonyl (C=O) groups is 1. The van der Waals surface area contributed by atoms with Crippen molar-refractivity contribution in [3.63, 3.8) is 0 Å². The molecule has 1 rings (SSSR count). The zero-order valence-electron chi connectivity index (χ0n) is 6.76. The van der Waals surface area contributed by atoms with Gasteiger partial charge in [-0.3, -0.25) is 10.1 Å². The molecular formula is C8H14N2O. The van der Waals surface area contributed by atoms with Crippen LogP contribution in [0, 0.1) is 0 Å². The molecule has 0 spiro atoms. The molecule has 3 N–H and O–H groups in total. The lowest BCUT2D eigenvalue weighted by Gasteiger charge is -2.13. The predicted molar refractivity (Wildman–Crippen MR) is 44.0 cm³/mol. The first kappa shape index (κ1) is 8.27. The number of rotatable bonds is 4. The highest BCUT2D eigenvalue weighted by Crippen LogP contribution is 2.20. The van der Waals surface area contributed by atoms with Crippen molar-refractivity contribution < 1.29 is 4.79 Å². The van der Waals surface area contributed by atoms with Crippen molar-refractivity contribution in [3.8, 4) is 0 Å². The number of carbonyl (C=O) groups excluding carboxylic acids is 1. The van der Waals surface area contributed by atoms with Crippen molar-refractivity contribution in [2.75, 3.05) is 0 Å². The van der Waals surface area contributed by atoms with Gasteiger partial charge in [0.15, 0.2) is 0 Å². The van der Waals surface area contributed by atoms with Gasteiger partial charge in [-0.25, -0.2) is 0 Å². The molecule has 1 fully saturated rings. The highest BCUT2D eigenvalue weighted by molar-refractivity contribution is 5.83. The van der Waals surface area contributed by atoms with Crippen LogP contribution < -0.4 is 11.1 Å². The number of nitrogens with one attached hydrogen (secondary N) is 1. The minimum absolute atomic E-state index is 0.329. The van der Waals surface area contributed by atoms with Crippen molar-refractivity contribution in [1.82, 2.24) is 5.32 Å². The second-order valence-electron chi connectivity index (χ2n) is 3.12. The van der Waals surface area contributed by atoms with Crippen molar-refractivity contribution in [1.29, 1.82) is 0 Å². The van der Waals surface area contributed by atoms with Crippen LogP contribution in [-0.2, 0) is 4.79 Å². The summed E-state index contributed by atoms with van der Waals surface area (Å²) in [5, 5.41) is 3.12. The largest absolute Gasteiger partial charge is 0.368 e. The van der Waals surface area contributed by atoms with Crippen molar-refractivity contribution in [3.05, 3.63) is 12.2 Å². The van der Waals surface area contributed by atoms with Gasteiger partial charge in [-0.1, -0.05) is 12.2 Å². The quantitative estimate of drug-likeness (QED) is 0.567. The molecule has 1 amide bonds. The third kappa shape index (κ3) is 2.35. The van der Waals surface area contributed by atoms with Gasteiger partial charge in [0.25, 0.3) is 0 Å². The van der Waals surface area contributed by atoms with Gasteiger partial charge in [0.05, 0.1) is 0 Å². The average Bonchev–Trinajstić information content (AvgIpc) is 2.63. The summed E-state index contributed by atoms with van der Waals surface area (Å²) in [7, 11) is 0. The number of hydrogen-bond acceptors (Lipinski definition) is 2. The fourth-order valence-corrected chi connectivity index (χ4v) is 0.953. The van der Waals surface area contributed by atoms with Crippen LogP contribution in [0.25, 0.3) is 0 Å². The van der Waals surface area contributed by atoms with Gasteiger partial charge in [0.1, 0.15) is 6.04 Å². The lowest BCUT2D eigenvalue weighted by atomic mass is 10.1. The second-order valence-corrected chi connectivity index (χ2v) is 3.12. The highest BCUT2D eigenvalue weighted by atomic mass is 16.1. The van der Waals surface area contributed by atoms with Crippen LogP contribution in [0.3, 0.4) is 0 Å². The Bertz CT molecular complexity index is 171. The Morgan fingerprint density at radius 2 is 2.27 bits per heavy atom. The number of amides is 1. The lowest BCUT2D eigenvalue weighted by Crippen LogP contribution is -2.42. The smallest absolute Gasteiger partial charge is 0.238 e. The van der Waals surface area contributed by atoms with Crippen molar-refractivity contribution in [2.24, 2.45) is 5.73 Å². The van der Waals surface area contributed by atoms with Gasteiger partial charge in [-0.05, 0) is 19.8 Å². The Kier molecular flexibility index (Phi) is 2.29. The molecular weight excluding hydrogens is 140 g/mol. The Hall–Kier alpha value is -0.830. The van der Waals surface area contributed by atoms with E-state index in [1.54, 1.807) is 0 Å². The minimum Gasteiger partial charge on any atom is -0.368 e. The number of nitrogens with two attached hydrogens (primary N) is 1. The van der Waals surface area contributed by atoms with Gasteiger partial charge in [0.2, 0.25) is 5.91 Å². The summed E-state index contributed by atoms with van der Waals surface area (Å²) in [6, 6.07) is 0.159. The third-order valence-corrected chi connectivity index (χ3v) is 1.76. The zero-order chi connectivity index (χ0) is 8.43. The molecule has 3 nitrogen and oxygen atoms in total. The summed E-state index contributed by atoms with van der Waals surface area (Å²) in [5.74, 6) is -0.329. The van der Waals surface area contributed by atoms with E-state index < -0.39 is 0 Å². The summed E-state index contributed by atoms with van der Waals surface area (Å²) in [5.41, 5.74) is 5.95. The van der Waals surface area contributed by atoms with E-state index in [-0.39, 0.29) is 11.9 Å². The maximum Gasteiger partial charge on any atom is 0.238 e. The first-order valence-electron chi connectivity index (χ1n) is 3.82. The summed E-state index contributed by atoms with van der Waals surface area (Å²) in [6.07, 6.45) is 2.30. The summed E-state index contributed by atoms with van der Waals surface area (Å²) < 4.78 is 0. The Morgan fingerprint density at radius 3 is 2.55 bits per heavy atom. The molecule has 0 heterocycles. The van der Waals surface area contributed by atoms with Crippen LogP contribution in [0.2, 0.25) is 0 Å². The summed E-state index contributed by atoms with van der Waals surface area (Å²) in [6.45, 7) is 5.50. The van der Waals surface area contributed by atoms with E-state index in [2.05, 4.69) is 11.9 Å². The topological polar surface area (TPSA) is 55.1 Å².